The SMILES string of the molecule is C=CC(C=C)CCCC(C=C)C=C. The van der Waals surface area contributed by atoms with Crippen LogP contribution in [0.5, 0.6) is 0 Å². The smallest absolute Gasteiger partial charge is 0.00588 e. The fourth-order valence-corrected chi connectivity index (χ4v) is 1.25. The molecule has 72 valence electrons. The van der Waals surface area contributed by atoms with Gasteiger partial charge in [-0.25, -0.2) is 0 Å². The van der Waals surface area contributed by atoms with Crippen molar-refractivity contribution in [2.75, 3.05) is 0 Å². The molecule has 0 N–H and O–H groups in total. The first-order valence-corrected chi connectivity index (χ1v) is 4.78. The van der Waals surface area contributed by atoms with E-state index in [1.165, 1.54) is 6.42 Å². The van der Waals surface area contributed by atoms with Gasteiger partial charge in [0.1, 0.15) is 0 Å². The molecule has 0 atom stereocenters. The summed E-state index contributed by atoms with van der Waals surface area (Å²) in [4.78, 5) is 0. The molecule has 0 heteroatoms. The van der Waals surface area contributed by atoms with Crippen LogP contribution >= 0.6 is 0 Å². The summed E-state index contributed by atoms with van der Waals surface area (Å²) in [6.45, 7) is 15.0. The molecule has 0 aromatic carbocycles. The van der Waals surface area contributed by atoms with Crippen molar-refractivity contribution in [1.29, 1.82) is 0 Å². The zero-order valence-electron chi connectivity index (χ0n) is 8.41. The maximum absolute atomic E-state index is 3.76. The quantitative estimate of drug-likeness (QED) is 0.488. The van der Waals surface area contributed by atoms with Crippen LogP contribution in [0.15, 0.2) is 50.6 Å². The van der Waals surface area contributed by atoms with Crippen LogP contribution in [0.3, 0.4) is 0 Å². The number of allylic oxidation sites excluding steroid dienone is 4. The van der Waals surface area contributed by atoms with Crippen LogP contribution in [-0.4, -0.2) is 0 Å². The minimum absolute atomic E-state index is 0.454. The maximum Gasteiger partial charge on any atom is -0.00588 e. The van der Waals surface area contributed by atoms with Gasteiger partial charge in [-0.15, -0.1) is 26.3 Å². The van der Waals surface area contributed by atoms with E-state index in [4.69, 9.17) is 0 Å². The fourth-order valence-electron chi connectivity index (χ4n) is 1.25. The Bertz CT molecular complexity index is 140. The lowest BCUT2D eigenvalue weighted by Crippen LogP contribution is -1.95. The minimum Gasteiger partial charge on any atom is -0.102 e. The summed E-state index contributed by atoms with van der Waals surface area (Å²) in [5, 5.41) is 0. The van der Waals surface area contributed by atoms with Crippen molar-refractivity contribution in [2.24, 2.45) is 11.8 Å². The molecule has 0 spiro atoms. The fraction of sp³-hybridized carbons (Fsp3) is 0.385. The van der Waals surface area contributed by atoms with E-state index in [-0.39, 0.29) is 0 Å². The Labute approximate surface area is 82.4 Å². The van der Waals surface area contributed by atoms with Crippen molar-refractivity contribution < 1.29 is 0 Å². The summed E-state index contributed by atoms with van der Waals surface area (Å²) in [5.41, 5.74) is 0. The summed E-state index contributed by atoms with van der Waals surface area (Å²) in [6, 6.07) is 0. The highest BCUT2D eigenvalue weighted by molar-refractivity contribution is 4.94. The molecular weight excluding hydrogens is 156 g/mol. The molecule has 0 rings (SSSR count). The van der Waals surface area contributed by atoms with Crippen LogP contribution in [0.25, 0.3) is 0 Å². The first-order chi connectivity index (χ1) is 6.28. The lowest BCUT2D eigenvalue weighted by molar-refractivity contribution is 0.580. The van der Waals surface area contributed by atoms with Gasteiger partial charge in [0.15, 0.2) is 0 Å². The largest absolute Gasteiger partial charge is 0.102 e. The molecule has 0 amide bonds. The molecule has 0 bridgehead atoms. The third-order valence-electron chi connectivity index (χ3n) is 2.29. The Morgan fingerprint density at radius 3 is 1.23 bits per heavy atom. The molecule has 0 aromatic heterocycles. The van der Waals surface area contributed by atoms with E-state index < -0.39 is 0 Å². The highest BCUT2D eigenvalue weighted by atomic mass is 14.1. The van der Waals surface area contributed by atoms with E-state index in [9.17, 15) is 0 Å². The zero-order chi connectivity index (χ0) is 10.1. The van der Waals surface area contributed by atoms with Gasteiger partial charge in [-0.05, 0) is 24.7 Å². The second kappa shape index (κ2) is 7.60. The van der Waals surface area contributed by atoms with E-state index in [1.54, 1.807) is 0 Å². The van der Waals surface area contributed by atoms with Gasteiger partial charge in [0.25, 0.3) is 0 Å². The van der Waals surface area contributed by atoms with Crippen molar-refractivity contribution in [3.05, 3.63) is 50.6 Å². The average Bonchev–Trinajstić information content (AvgIpc) is 2.19. The minimum atomic E-state index is 0.454. The Balaban J connectivity index is 3.63. The third-order valence-corrected chi connectivity index (χ3v) is 2.29. The molecule has 0 aliphatic rings. The van der Waals surface area contributed by atoms with E-state index in [2.05, 4.69) is 26.3 Å². The molecule has 0 heterocycles. The first-order valence-electron chi connectivity index (χ1n) is 4.78. The summed E-state index contributed by atoms with van der Waals surface area (Å²) < 4.78 is 0. The molecule has 0 saturated heterocycles. The molecule has 0 unspecified atom stereocenters. The second-order valence-corrected chi connectivity index (χ2v) is 3.20. The van der Waals surface area contributed by atoms with Crippen LogP contribution in [0.4, 0.5) is 0 Å². The van der Waals surface area contributed by atoms with Gasteiger partial charge < -0.3 is 0 Å². The van der Waals surface area contributed by atoms with Crippen LogP contribution < -0.4 is 0 Å². The van der Waals surface area contributed by atoms with Crippen molar-refractivity contribution in [3.8, 4) is 0 Å². The van der Waals surface area contributed by atoms with E-state index >= 15 is 0 Å². The van der Waals surface area contributed by atoms with Crippen LogP contribution in [0.2, 0.25) is 0 Å². The van der Waals surface area contributed by atoms with Crippen LogP contribution in [0.1, 0.15) is 19.3 Å². The highest BCUT2D eigenvalue weighted by Crippen LogP contribution is 2.15. The predicted molar refractivity (Wildman–Crippen MR) is 61.6 cm³/mol. The second-order valence-electron chi connectivity index (χ2n) is 3.20. The molecule has 13 heavy (non-hydrogen) atoms. The van der Waals surface area contributed by atoms with Crippen molar-refractivity contribution in [3.63, 3.8) is 0 Å². The molecule has 0 radical (unpaired) electrons. The van der Waals surface area contributed by atoms with Gasteiger partial charge in [0, 0.05) is 0 Å². The Morgan fingerprint density at radius 1 is 0.692 bits per heavy atom. The molecule has 0 saturated carbocycles. The van der Waals surface area contributed by atoms with Crippen LogP contribution in [-0.2, 0) is 0 Å². The summed E-state index contributed by atoms with van der Waals surface area (Å²) >= 11 is 0. The zero-order valence-corrected chi connectivity index (χ0v) is 8.41. The van der Waals surface area contributed by atoms with E-state index in [0.717, 1.165) is 12.8 Å². The van der Waals surface area contributed by atoms with Gasteiger partial charge in [-0.1, -0.05) is 30.7 Å². The van der Waals surface area contributed by atoms with E-state index in [1.807, 2.05) is 24.3 Å². The lowest BCUT2D eigenvalue weighted by atomic mass is 9.97. The Kier molecular flexibility index (Phi) is 6.99. The molecular formula is C13H20. The van der Waals surface area contributed by atoms with Crippen molar-refractivity contribution in [1.82, 2.24) is 0 Å². The highest BCUT2D eigenvalue weighted by Gasteiger charge is 2.01. The van der Waals surface area contributed by atoms with Crippen molar-refractivity contribution in [2.45, 2.75) is 19.3 Å². The predicted octanol–water partition coefficient (Wildman–Crippen LogP) is 4.13. The van der Waals surface area contributed by atoms with Crippen molar-refractivity contribution >= 4 is 0 Å². The topological polar surface area (TPSA) is 0 Å². The van der Waals surface area contributed by atoms with E-state index in [0.29, 0.717) is 11.8 Å². The molecule has 0 aromatic rings. The number of rotatable bonds is 8. The Morgan fingerprint density at radius 2 is 1.00 bits per heavy atom. The number of hydrogen-bond acceptors (Lipinski definition) is 0. The molecule has 0 nitrogen and oxygen atoms in total. The standard InChI is InChI=1S/C13H20/c1-5-12(6-2)10-9-11-13(7-3)8-4/h5-8,12-13H,1-4,9-11H2. The van der Waals surface area contributed by atoms with Gasteiger partial charge in [-0.3, -0.25) is 0 Å². The van der Waals surface area contributed by atoms with Gasteiger partial charge >= 0.3 is 0 Å². The third kappa shape index (κ3) is 5.24. The first kappa shape index (κ1) is 12.0. The molecule has 0 aliphatic carbocycles. The summed E-state index contributed by atoms with van der Waals surface area (Å²) in [7, 11) is 0. The average molecular weight is 176 g/mol. The summed E-state index contributed by atoms with van der Waals surface area (Å²) in [5.74, 6) is 0.908. The van der Waals surface area contributed by atoms with Gasteiger partial charge in [-0.2, -0.15) is 0 Å². The van der Waals surface area contributed by atoms with Crippen LogP contribution in [0, 0.1) is 11.8 Å². The number of hydrogen-bond donors (Lipinski definition) is 0. The van der Waals surface area contributed by atoms with Gasteiger partial charge in [0.05, 0.1) is 0 Å². The lowest BCUT2D eigenvalue weighted by Gasteiger charge is -2.09. The molecule has 0 aliphatic heterocycles. The Hall–Kier alpha value is -1.04. The molecule has 0 fully saturated rings. The van der Waals surface area contributed by atoms with Gasteiger partial charge in [0.2, 0.25) is 0 Å². The summed E-state index contributed by atoms with van der Waals surface area (Å²) in [6.07, 6.45) is 11.2. The monoisotopic (exact) mass is 176 g/mol. The maximum atomic E-state index is 3.76. The normalized spacial score (nSPS) is 10.0.